The van der Waals surface area contributed by atoms with Gasteiger partial charge in [-0.3, -0.25) is 15.0 Å². The quantitative estimate of drug-likeness (QED) is 0.412. The molecular formula is C21H17N5O6S. The number of imide groups is 1. The van der Waals surface area contributed by atoms with E-state index in [1.54, 1.807) is 55.5 Å². The first-order chi connectivity index (χ1) is 15.9. The van der Waals surface area contributed by atoms with Gasteiger partial charge < -0.3 is 19.2 Å². The Morgan fingerprint density at radius 2 is 1.94 bits per heavy atom. The first kappa shape index (κ1) is 20.8. The van der Waals surface area contributed by atoms with E-state index in [9.17, 15) is 14.4 Å². The predicted octanol–water partition coefficient (Wildman–Crippen LogP) is 2.06. The molecule has 11 nitrogen and oxygen atoms in total. The van der Waals surface area contributed by atoms with Crippen molar-refractivity contribution in [3.05, 3.63) is 54.1 Å². The molecule has 0 radical (unpaired) electrons. The number of nitrogens with one attached hydrogen (secondary N) is 2. The number of thioether (sulfide) groups is 1. The van der Waals surface area contributed by atoms with Gasteiger partial charge in [-0.05, 0) is 30.7 Å². The number of hydrazine groups is 1. The van der Waals surface area contributed by atoms with Gasteiger partial charge in [0.05, 0.1) is 5.75 Å². The largest absolute Gasteiger partial charge is 0.454 e. The minimum absolute atomic E-state index is 0.151. The highest BCUT2D eigenvalue weighted by molar-refractivity contribution is 7.99. The number of aromatic nitrogens is 2. The third-order valence-corrected chi connectivity index (χ3v) is 5.95. The van der Waals surface area contributed by atoms with Crippen molar-refractivity contribution >= 4 is 29.6 Å². The van der Waals surface area contributed by atoms with Crippen molar-refractivity contribution in [3.63, 3.8) is 0 Å². The fourth-order valence-corrected chi connectivity index (χ4v) is 3.96. The number of nitrogens with zero attached hydrogens (tertiary/aromatic N) is 3. The van der Waals surface area contributed by atoms with Crippen molar-refractivity contribution in [1.82, 2.24) is 25.9 Å². The number of fused-ring (bicyclic) bond motifs is 1. The minimum Gasteiger partial charge on any atom is -0.454 e. The molecular weight excluding hydrogens is 450 g/mol. The van der Waals surface area contributed by atoms with Crippen molar-refractivity contribution in [2.24, 2.45) is 0 Å². The Bertz CT molecular complexity index is 1250. The van der Waals surface area contributed by atoms with E-state index < -0.39 is 23.4 Å². The molecule has 3 aromatic rings. The van der Waals surface area contributed by atoms with Gasteiger partial charge in [-0.2, -0.15) is 5.01 Å². The Labute approximate surface area is 191 Å². The number of benzene rings is 2. The predicted molar refractivity (Wildman–Crippen MR) is 114 cm³/mol. The van der Waals surface area contributed by atoms with Crippen molar-refractivity contribution < 1.29 is 28.3 Å². The van der Waals surface area contributed by atoms with Crippen LogP contribution in [0.2, 0.25) is 0 Å². The van der Waals surface area contributed by atoms with E-state index in [1.165, 1.54) is 0 Å². The second-order valence-electron chi connectivity index (χ2n) is 7.33. The molecule has 1 atom stereocenters. The molecule has 2 N–H and O–H groups in total. The van der Waals surface area contributed by atoms with Crippen LogP contribution >= 0.6 is 11.8 Å². The Hall–Kier alpha value is -4.06. The van der Waals surface area contributed by atoms with E-state index in [1.807, 2.05) is 0 Å². The highest BCUT2D eigenvalue weighted by Crippen LogP contribution is 2.36. The first-order valence-corrected chi connectivity index (χ1v) is 10.8. The van der Waals surface area contributed by atoms with Gasteiger partial charge in [-0.1, -0.05) is 42.1 Å². The maximum Gasteiger partial charge on any atom is 0.344 e. The maximum atomic E-state index is 12.8. The number of urea groups is 1. The van der Waals surface area contributed by atoms with Crippen molar-refractivity contribution in [3.8, 4) is 23.0 Å². The fourth-order valence-electron chi connectivity index (χ4n) is 3.41. The summed E-state index contributed by atoms with van der Waals surface area (Å²) in [4.78, 5) is 37.6. The van der Waals surface area contributed by atoms with Gasteiger partial charge in [0, 0.05) is 5.56 Å². The Morgan fingerprint density at radius 3 is 2.76 bits per heavy atom. The van der Waals surface area contributed by atoms with Gasteiger partial charge in [0.2, 0.25) is 18.6 Å². The first-order valence-electron chi connectivity index (χ1n) is 9.82. The molecule has 1 aromatic heterocycles. The maximum absolute atomic E-state index is 12.8. The lowest BCUT2D eigenvalue weighted by Crippen LogP contribution is -2.48. The zero-order valence-electron chi connectivity index (χ0n) is 17.2. The topological polar surface area (TPSA) is 136 Å². The molecule has 12 heteroatoms. The summed E-state index contributed by atoms with van der Waals surface area (Å²) in [5, 5.41) is 11.4. The van der Waals surface area contributed by atoms with Gasteiger partial charge in [-0.25, -0.2) is 4.79 Å². The second-order valence-corrected chi connectivity index (χ2v) is 8.25. The van der Waals surface area contributed by atoms with Crippen LogP contribution in [-0.4, -0.2) is 45.6 Å². The van der Waals surface area contributed by atoms with Crippen LogP contribution in [0.5, 0.6) is 11.5 Å². The molecule has 0 aliphatic carbocycles. The number of carbonyl (C=O) groups is 3. The summed E-state index contributed by atoms with van der Waals surface area (Å²) in [7, 11) is 0. The number of ether oxygens (including phenoxy) is 2. The summed E-state index contributed by atoms with van der Waals surface area (Å²) < 4.78 is 16.2. The zero-order valence-corrected chi connectivity index (χ0v) is 18.0. The van der Waals surface area contributed by atoms with Crippen LogP contribution in [-0.2, 0) is 15.1 Å². The SMILES string of the molecule is C[C@]1(c2ccccc2)NC(=O)N(NC(=O)CSc2nnc(-c3ccc4c(c3)OCO4)o2)C1=O. The Morgan fingerprint density at radius 1 is 1.15 bits per heavy atom. The molecule has 0 spiro atoms. The van der Waals surface area contributed by atoms with Crippen LogP contribution in [0.25, 0.3) is 11.5 Å². The molecule has 4 amide bonds. The fraction of sp³-hybridized carbons (Fsp3) is 0.190. The molecule has 0 saturated carbocycles. The molecule has 1 saturated heterocycles. The van der Waals surface area contributed by atoms with Gasteiger partial charge in [-0.15, -0.1) is 10.2 Å². The average Bonchev–Trinajstić information content (AvgIpc) is 3.54. The average molecular weight is 467 g/mol. The van der Waals surface area contributed by atoms with Crippen LogP contribution in [0.15, 0.2) is 58.2 Å². The van der Waals surface area contributed by atoms with E-state index in [-0.39, 0.29) is 23.7 Å². The van der Waals surface area contributed by atoms with E-state index in [0.29, 0.717) is 27.6 Å². The Kier molecular flexibility index (Phi) is 5.13. The molecule has 0 unspecified atom stereocenters. The van der Waals surface area contributed by atoms with Gasteiger partial charge in [0.25, 0.3) is 11.1 Å². The van der Waals surface area contributed by atoms with Crippen molar-refractivity contribution in [2.45, 2.75) is 17.7 Å². The molecule has 2 aromatic carbocycles. The zero-order chi connectivity index (χ0) is 23.0. The van der Waals surface area contributed by atoms with Crippen molar-refractivity contribution in [1.29, 1.82) is 0 Å². The summed E-state index contributed by atoms with van der Waals surface area (Å²) >= 11 is 0.974. The van der Waals surface area contributed by atoms with E-state index in [0.717, 1.165) is 11.8 Å². The summed E-state index contributed by atoms with van der Waals surface area (Å²) in [6.07, 6.45) is 0. The third-order valence-electron chi connectivity index (χ3n) is 5.13. The van der Waals surface area contributed by atoms with Crippen molar-refractivity contribution in [2.75, 3.05) is 12.5 Å². The summed E-state index contributed by atoms with van der Waals surface area (Å²) in [5.41, 5.74) is 2.31. The monoisotopic (exact) mass is 467 g/mol. The van der Waals surface area contributed by atoms with E-state index >= 15 is 0 Å². The minimum atomic E-state index is -1.27. The van der Waals surface area contributed by atoms with Crippen LogP contribution in [0, 0.1) is 0 Å². The molecule has 168 valence electrons. The smallest absolute Gasteiger partial charge is 0.344 e. The normalized spacial score (nSPS) is 19.0. The number of hydrogen-bond acceptors (Lipinski definition) is 9. The summed E-state index contributed by atoms with van der Waals surface area (Å²) in [6.45, 7) is 1.74. The van der Waals surface area contributed by atoms with Crippen LogP contribution < -0.4 is 20.2 Å². The van der Waals surface area contributed by atoms with Gasteiger partial charge in [0.15, 0.2) is 11.5 Å². The summed E-state index contributed by atoms with van der Waals surface area (Å²) in [6, 6.07) is 13.3. The summed E-state index contributed by atoms with van der Waals surface area (Å²) in [5.74, 6) is 0.151. The second kappa shape index (κ2) is 8.13. The standard InChI is InChI=1S/C21H17N5O6S/c1-21(13-5-3-2-4-6-13)18(28)26(19(29)22-21)25-16(27)10-33-20-24-23-17(32-20)12-7-8-14-15(9-12)31-11-30-14/h2-9H,10-11H2,1H3,(H,22,29)(H,25,27)/t21-/m1/s1. The lowest BCUT2D eigenvalue weighted by atomic mass is 9.92. The molecule has 2 aliphatic rings. The highest BCUT2D eigenvalue weighted by Gasteiger charge is 2.49. The molecule has 2 aliphatic heterocycles. The molecule has 5 rings (SSSR count). The molecule has 0 bridgehead atoms. The van der Waals surface area contributed by atoms with Crippen LogP contribution in [0.4, 0.5) is 4.79 Å². The van der Waals surface area contributed by atoms with Gasteiger partial charge in [0.1, 0.15) is 5.54 Å². The van der Waals surface area contributed by atoms with Crippen LogP contribution in [0.3, 0.4) is 0 Å². The molecule has 33 heavy (non-hydrogen) atoms. The van der Waals surface area contributed by atoms with Crippen LogP contribution in [0.1, 0.15) is 12.5 Å². The molecule has 1 fully saturated rings. The third kappa shape index (κ3) is 3.84. The number of rotatable bonds is 6. The number of carbonyl (C=O) groups excluding carboxylic acids is 3. The van der Waals surface area contributed by atoms with Gasteiger partial charge >= 0.3 is 6.03 Å². The highest BCUT2D eigenvalue weighted by atomic mass is 32.2. The lowest BCUT2D eigenvalue weighted by Gasteiger charge is -2.22. The van der Waals surface area contributed by atoms with E-state index in [4.69, 9.17) is 13.9 Å². The number of amides is 4. The van der Waals surface area contributed by atoms with E-state index in [2.05, 4.69) is 20.9 Å². The lowest BCUT2D eigenvalue weighted by molar-refractivity contribution is -0.138. The Balaban J connectivity index is 1.20. The molecule has 3 heterocycles. The number of hydrogen-bond donors (Lipinski definition) is 2.